The van der Waals surface area contributed by atoms with Gasteiger partial charge in [0.25, 0.3) is 0 Å². The lowest BCUT2D eigenvalue weighted by molar-refractivity contribution is -0.481. The Labute approximate surface area is 127 Å². The Hall–Kier alpha value is -2.64. The molecule has 0 saturated heterocycles. The van der Waals surface area contributed by atoms with E-state index in [1.807, 2.05) is 0 Å². The topological polar surface area (TPSA) is 105 Å². The minimum absolute atomic E-state index is 0.234. The Morgan fingerprint density at radius 2 is 1.82 bits per heavy atom. The first-order chi connectivity index (χ1) is 10.4. The van der Waals surface area contributed by atoms with Crippen LogP contribution in [0.15, 0.2) is 30.3 Å². The Balaban J connectivity index is 2.63. The average Bonchev–Trinajstić information content (AvgIpc) is 2.43. The second-order valence-electron chi connectivity index (χ2n) is 4.60. The van der Waals surface area contributed by atoms with E-state index in [0.717, 1.165) is 0 Å². The summed E-state index contributed by atoms with van der Waals surface area (Å²) in [6.07, 6.45) is -3.23. The molecule has 0 radical (unpaired) electrons. The third-order valence-electron chi connectivity index (χ3n) is 2.37. The summed E-state index contributed by atoms with van der Waals surface area (Å²) in [5.74, 6) is -0.611. The number of rotatable bonds is 7. The first kappa shape index (κ1) is 17.4. The maximum absolute atomic E-state index is 11.8. The summed E-state index contributed by atoms with van der Waals surface area (Å²) >= 11 is 0. The van der Waals surface area contributed by atoms with Crippen molar-refractivity contribution >= 4 is 12.1 Å². The third kappa shape index (κ3) is 6.69. The molecule has 22 heavy (non-hydrogen) atoms. The van der Waals surface area contributed by atoms with Gasteiger partial charge in [0.15, 0.2) is 0 Å². The molecule has 0 aromatic heterocycles. The second-order valence-corrected chi connectivity index (χ2v) is 4.60. The van der Waals surface area contributed by atoms with Crippen LogP contribution in [0, 0.1) is 10.1 Å². The van der Waals surface area contributed by atoms with Gasteiger partial charge < -0.3 is 14.2 Å². The van der Waals surface area contributed by atoms with Crippen molar-refractivity contribution in [2.75, 3.05) is 6.54 Å². The van der Waals surface area contributed by atoms with Crippen LogP contribution in [0.2, 0.25) is 0 Å². The van der Waals surface area contributed by atoms with Crippen molar-refractivity contribution in [3.05, 3.63) is 40.4 Å². The lowest BCUT2D eigenvalue weighted by atomic mass is 10.2. The van der Waals surface area contributed by atoms with Gasteiger partial charge in [-0.2, -0.15) is 0 Å². The molecule has 1 rings (SSSR count). The molecule has 1 unspecified atom stereocenters. The standard InChI is InChI=1S/C14H17NO7/c1-10(2)20-13(16)12(8-9-15(18)19)22-14(17)21-11-6-4-3-5-7-11/h3-7,10,12H,8-9H2,1-2H3. The quantitative estimate of drug-likeness (QED) is 0.329. The number of carbonyl (C=O) groups is 2. The smallest absolute Gasteiger partial charge is 0.460 e. The number of carbonyl (C=O) groups excluding carboxylic acids is 2. The minimum Gasteiger partial charge on any atom is -0.460 e. The summed E-state index contributed by atoms with van der Waals surface area (Å²) in [7, 11) is 0. The Kier molecular flexibility index (Phi) is 6.81. The van der Waals surface area contributed by atoms with Gasteiger partial charge in [-0.3, -0.25) is 10.1 Å². The van der Waals surface area contributed by atoms with Crippen molar-refractivity contribution < 1.29 is 28.7 Å². The van der Waals surface area contributed by atoms with E-state index in [1.165, 1.54) is 12.1 Å². The Morgan fingerprint density at radius 3 is 2.36 bits per heavy atom. The van der Waals surface area contributed by atoms with Gasteiger partial charge in [0, 0.05) is 4.92 Å². The predicted octanol–water partition coefficient (Wildman–Crippen LogP) is 2.19. The van der Waals surface area contributed by atoms with Crippen LogP contribution < -0.4 is 4.74 Å². The molecule has 0 aliphatic rings. The molecule has 0 aliphatic carbocycles. The molecule has 0 N–H and O–H groups in total. The van der Waals surface area contributed by atoms with E-state index in [4.69, 9.17) is 14.2 Å². The van der Waals surface area contributed by atoms with E-state index >= 15 is 0 Å². The van der Waals surface area contributed by atoms with Crippen molar-refractivity contribution in [3.8, 4) is 5.75 Å². The lowest BCUT2D eigenvalue weighted by Gasteiger charge is -2.16. The average molecular weight is 311 g/mol. The number of para-hydroxylation sites is 1. The van der Waals surface area contributed by atoms with Gasteiger partial charge in [-0.25, -0.2) is 9.59 Å². The highest BCUT2D eigenvalue weighted by atomic mass is 16.7. The molecular formula is C14H17NO7. The number of esters is 1. The van der Waals surface area contributed by atoms with E-state index in [2.05, 4.69) is 0 Å². The zero-order chi connectivity index (χ0) is 16.5. The molecule has 8 nitrogen and oxygen atoms in total. The largest absolute Gasteiger partial charge is 0.514 e. The molecule has 0 spiro atoms. The molecule has 1 aromatic rings. The number of hydrogen-bond acceptors (Lipinski definition) is 7. The molecule has 0 bridgehead atoms. The maximum atomic E-state index is 11.8. The fourth-order valence-corrected chi connectivity index (χ4v) is 1.48. The van der Waals surface area contributed by atoms with Gasteiger partial charge in [0.1, 0.15) is 5.75 Å². The molecular weight excluding hydrogens is 294 g/mol. The fourth-order valence-electron chi connectivity index (χ4n) is 1.48. The molecule has 1 atom stereocenters. The van der Waals surface area contributed by atoms with Crippen LogP contribution in [-0.4, -0.2) is 35.8 Å². The van der Waals surface area contributed by atoms with Crippen LogP contribution in [0.5, 0.6) is 5.75 Å². The maximum Gasteiger partial charge on any atom is 0.514 e. The predicted molar refractivity (Wildman–Crippen MR) is 75.0 cm³/mol. The summed E-state index contributed by atoms with van der Waals surface area (Å²) in [6.45, 7) is 2.70. The van der Waals surface area contributed by atoms with Gasteiger partial charge in [0.2, 0.25) is 12.6 Å². The second kappa shape index (κ2) is 8.60. The van der Waals surface area contributed by atoms with Crippen molar-refractivity contribution in [2.24, 2.45) is 0 Å². The molecule has 0 saturated carbocycles. The molecule has 8 heteroatoms. The molecule has 0 aliphatic heterocycles. The van der Waals surface area contributed by atoms with Gasteiger partial charge >= 0.3 is 12.1 Å². The number of nitrogens with zero attached hydrogens (tertiary/aromatic N) is 1. The summed E-state index contributed by atoms with van der Waals surface area (Å²) in [4.78, 5) is 33.2. The van der Waals surface area contributed by atoms with E-state index in [1.54, 1.807) is 32.0 Å². The van der Waals surface area contributed by atoms with E-state index < -0.39 is 35.8 Å². The monoisotopic (exact) mass is 311 g/mol. The summed E-state index contributed by atoms with van der Waals surface area (Å²) in [6, 6.07) is 8.09. The molecule has 0 heterocycles. The molecule has 0 amide bonds. The normalized spacial score (nSPS) is 11.6. The van der Waals surface area contributed by atoms with Gasteiger partial charge in [-0.15, -0.1) is 0 Å². The first-order valence-corrected chi connectivity index (χ1v) is 6.64. The van der Waals surface area contributed by atoms with E-state index in [-0.39, 0.29) is 12.2 Å². The van der Waals surface area contributed by atoms with E-state index in [9.17, 15) is 19.7 Å². The van der Waals surface area contributed by atoms with Gasteiger partial charge in [-0.1, -0.05) is 18.2 Å². The highest BCUT2D eigenvalue weighted by Crippen LogP contribution is 2.12. The zero-order valence-electron chi connectivity index (χ0n) is 12.3. The van der Waals surface area contributed by atoms with Crippen molar-refractivity contribution in [2.45, 2.75) is 32.5 Å². The van der Waals surface area contributed by atoms with Crippen LogP contribution in [0.3, 0.4) is 0 Å². The van der Waals surface area contributed by atoms with Crippen molar-refractivity contribution in [1.29, 1.82) is 0 Å². The highest BCUT2D eigenvalue weighted by molar-refractivity contribution is 5.78. The summed E-state index contributed by atoms with van der Waals surface area (Å²) in [5, 5.41) is 10.4. The number of benzene rings is 1. The SMILES string of the molecule is CC(C)OC(=O)C(CC[N+](=O)[O-])OC(=O)Oc1ccccc1. The van der Waals surface area contributed by atoms with Crippen LogP contribution in [-0.2, 0) is 14.3 Å². The summed E-state index contributed by atoms with van der Waals surface area (Å²) < 4.78 is 14.6. The van der Waals surface area contributed by atoms with Crippen LogP contribution in [0.1, 0.15) is 20.3 Å². The number of ether oxygens (including phenoxy) is 3. The third-order valence-corrected chi connectivity index (χ3v) is 2.37. The first-order valence-electron chi connectivity index (χ1n) is 6.64. The van der Waals surface area contributed by atoms with Crippen molar-refractivity contribution in [1.82, 2.24) is 0 Å². The van der Waals surface area contributed by atoms with Crippen molar-refractivity contribution in [3.63, 3.8) is 0 Å². The number of nitro groups is 1. The van der Waals surface area contributed by atoms with Gasteiger partial charge in [0.05, 0.1) is 12.5 Å². The highest BCUT2D eigenvalue weighted by Gasteiger charge is 2.28. The zero-order valence-corrected chi connectivity index (χ0v) is 12.3. The van der Waals surface area contributed by atoms with E-state index in [0.29, 0.717) is 0 Å². The van der Waals surface area contributed by atoms with Gasteiger partial charge in [-0.05, 0) is 26.0 Å². The summed E-state index contributed by atoms with van der Waals surface area (Å²) in [5.41, 5.74) is 0. The Bertz CT molecular complexity index is 515. The van der Waals surface area contributed by atoms with Crippen LogP contribution in [0.25, 0.3) is 0 Å². The van der Waals surface area contributed by atoms with Crippen LogP contribution in [0.4, 0.5) is 4.79 Å². The molecule has 120 valence electrons. The van der Waals surface area contributed by atoms with Crippen LogP contribution >= 0.6 is 0 Å². The fraction of sp³-hybridized carbons (Fsp3) is 0.429. The number of hydrogen-bond donors (Lipinski definition) is 0. The molecule has 0 fully saturated rings. The minimum atomic E-state index is -1.39. The lowest BCUT2D eigenvalue weighted by Crippen LogP contribution is -2.33. The molecule has 1 aromatic carbocycles. The Morgan fingerprint density at radius 1 is 1.18 bits per heavy atom.